The predicted octanol–water partition coefficient (Wildman–Crippen LogP) is 1.38. The maximum atomic E-state index is 12.3. The number of nitrogens with one attached hydrogen (secondary N) is 1. The molecule has 1 aromatic carbocycles. The number of carbonyl (C=O) groups excluding carboxylic acids is 3. The third kappa shape index (κ3) is 2.70. The minimum Gasteiger partial charge on any atom is -0.349 e. The van der Waals surface area contributed by atoms with E-state index in [-0.39, 0.29) is 6.54 Å². The van der Waals surface area contributed by atoms with Gasteiger partial charge in [0.1, 0.15) is 6.04 Å². The second-order valence-corrected chi connectivity index (χ2v) is 5.24. The minimum absolute atomic E-state index is 0.243. The van der Waals surface area contributed by atoms with Crippen LogP contribution in [-0.4, -0.2) is 33.6 Å². The molecule has 0 saturated heterocycles. The average Bonchev–Trinajstić information content (AvgIpc) is 2.84. The van der Waals surface area contributed by atoms with E-state index < -0.39 is 23.8 Å². The highest BCUT2D eigenvalue weighted by Gasteiger charge is 2.40. The Labute approximate surface area is 133 Å². The van der Waals surface area contributed by atoms with Crippen molar-refractivity contribution in [1.82, 2.24) is 15.2 Å². The van der Waals surface area contributed by atoms with Crippen LogP contribution >= 0.6 is 0 Å². The monoisotopic (exact) mass is 309 g/mol. The first-order valence-corrected chi connectivity index (χ1v) is 7.24. The molecule has 6 heteroatoms. The van der Waals surface area contributed by atoms with Gasteiger partial charge in [0, 0.05) is 6.20 Å². The smallest absolute Gasteiger partial charge is 0.262 e. The molecule has 0 saturated carbocycles. The van der Waals surface area contributed by atoms with Crippen molar-refractivity contribution >= 4 is 17.7 Å². The number of amides is 3. The second kappa shape index (κ2) is 6.00. The summed E-state index contributed by atoms with van der Waals surface area (Å²) in [7, 11) is 0. The van der Waals surface area contributed by atoms with Crippen LogP contribution in [-0.2, 0) is 11.3 Å². The highest BCUT2D eigenvalue weighted by Crippen LogP contribution is 2.24. The van der Waals surface area contributed by atoms with Gasteiger partial charge in [-0.05, 0) is 31.2 Å². The Kier molecular flexibility index (Phi) is 3.89. The van der Waals surface area contributed by atoms with Crippen molar-refractivity contribution < 1.29 is 14.4 Å². The number of hydrogen-bond acceptors (Lipinski definition) is 4. The number of nitrogens with zero attached hydrogens (tertiary/aromatic N) is 2. The summed E-state index contributed by atoms with van der Waals surface area (Å²) in [5.74, 6) is -1.28. The van der Waals surface area contributed by atoms with Gasteiger partial charge in [-0.15, -0.1) is 0 Å². The molecule has 116 valence electrons. The fourth-order valence-electron chi connectivity index (χ4n) is 2.50. The summed E-state index contributed by atoms with van der Waals surface area (Å²) in [6, 6.07) is 11.1. The lowest BCUT2D eigenvalue weighted by Crippen LogP contribution is -2.47. The SMILES string of the molecule is C[C@@H](C(=O)NCc1ccccn1)N1C(=O)c2ccccc2C1=O. The number of rotatable bonds is 4. The lowest BCUT2D eigenvalue weighted by Gasteiger charge is -2.21. The average molecular weight is 309 g/mol. The van der Waals surface area contributed by atoms with Crippen LogP contribution in [0, 0.1) is 0 Å². The standard InChI is InChI=1S/C17H15N3O3/c1-11(15(21)19-10-12-6-4-5-9-18-12)20-16(22)13-7-2-3-8-14(13)17(20)23/h2-9,11H,10H2,1H3,(H,19,21)/t11-/m0/s1. The van der Waals surface area contributed by atoms with E-state index in [1.807, 2.05) is 6.07 Å². The summed E-state index contributed by atoms with van der Waals surface area (Å²) < 4.78 is 0. The fourth-order valence-corrected chi connectivity index (χ4v) is 2.50. The maximum Gasteiger partial charge on any atom is 0.262 e. The second-order valence-electron chi connectivity index (χ2n) is 5.24. The molecule has 1 aliphatic heterocycles. The highest BCUT2D eigenvalue weighted by atomic mass is 16.2. The number of aromatic nitrogens is 1. The lowest BCUT2D eigenvalue weighted by atomic mass is 10.1. The van der Waals surface area contributed by atoms with Crippen LogP contribution < -0.4 is 5.32 Å². The first-order chi connectivity index (χ1) is 11.1. The van der Waals surface area contributed by atoms with E-state index in [0.29, 0.717) is 16.8 Å². The molecule has 0 bridgehead atoms. The normalized spacial score (nSPS) is 14.6. The zero-order chi connectivity index (χ0) is 16.4. The van der Waals surface area contributed by atoms with Gasteiger partial charge in [-0.2, -0.15) is 0 Å². The number of fused-ring (bicyclic) bond motifs is 1. The molecule has 1 aliphatic rings. The van der Waals surface area contributed by atoms with Crippen LogP contribution in [0.1, 0.15) is 33.3 Å². The number of hydrogen-bond donors (Lipinski definition) is 1. The molecule has 2 heterocycles. The van der Waals surface area contributed by atoms with Crippen molar-refractivity contribution in [2.45, 2.75) is 19.5 Å². The van der Waals surface area contributed by atoms with E-state index in [2.05, 4.69) is 10.3 Å². The summed E-state index contributed by atoms with van der Waals surface area (Å²) >= 11 is 0. The zero-order valence-electron chi connectivity index (χ0n) is 12.5. The molecule has 2 aromatic rings. The summed E-state index contributed by atoms with van der Waals surface area (Å²) in [5, 5.41) is 2.70. The number of carbonyl (C=O) groups is 3. The molecular weight excluding hydrogens is 294 g/mol. The van der Waals surface area contributed by atoms with E-state index in [1.54, 1.807) is 42.6 Å². The number of imide groups is 1. The molecule has 3 rings (SSSR count). The van der Waals surface area contributed by atoms with Crippen molar-refractivity contribution in [3.8, 4) is 0 Å². The fraction of sp³-hybridized carbons (Fsp3) is 0.176. The van der Waals surface area contributed by atoms with Gasteiger partial charge in [0.05, 0.1) is 23.4 Å². The molecule has 0 unspecified atom stereocenters. The van der Waals surface area contributed by atoms with E-state index in [1.165, 1.54) is 6.92 Å². The zero-order valence-corrected chi connectivity index (χ0v) is 12.5. The predicted molar refractivity (Wildman–Crippen MR) is 82.5 cm³/mol. The lowest BCUT2D eigenvalue weighted by molar-refractivity contribution is -0.124. The van der Waals surface area contributed by atoms with Gasteiger partial charge >= 0.3 is 0 Å². The van der Waals surface area contributed by atoms with Gasteiger partial charge in [-0.1, -0.05) is 18.2 Å². The molecule has 0 radical (unpaired) electrons. The van der Waals surface area contributed by atoms with Gasteiger partial charge < -0.3 is 5.32 Å². The van der Waals surface area contributed by atoms with Crippen molar-refractivity contribution in [1.29, 1.82) is 0 Å². The van der Waals surface area contributed by atoms with E-state index in [0.717, 1.165) is 4.90 Å². The Bertz CT molecular complexity index is 739. The summed E-state index contributed by atoms with van der Waals surface area (Å²) in [4.78, 5) is 42.0. The molecule has 23 heavy (non-hydrogen) atoms. The topological polar surface area (TPSA) is 79.4 Å². The maximum absolute atomic E-state index is 12.3. The molecule has 0 aliphatic carbocycles. The Morgan fingerprint density at radius 2 is 1.70 bits per heavy atom. The third-order valence-electron chi connectivity index (χ3n) is 3.76. The Morgan fingerprint density at radius 3 is 2.26 bits per heavy atom. The van der Waals surface area contributed by atoms with Gasteiger partial charge in [0.15, 0.2) is 0 Å². The molecule has 1 N–H and O–H groups in total. The first kappa shape index (κ1) is 14.9. The van der Waals surface area contributed by atoms with Crippen LogP contribution in [0.3, 0.4) is 0 Å². The van der Waals surface area contributed by atoms with Crippen LogP contribution in [0.25, 0.3) is 0 Å². The summed E-state index contributed by atoms with van der Waals surface area (Å²) in [6.07, 6.45) is 1.63. The van der Waals surface area contributed by atoms with Gasteiger partial charge in [0.2, 0.25) is 5.91 Å². The highest BCUT2D eigenvalue weighted by molar-refractivity contribution is 6.22. The van der Waals surface area contributed by atoms with Gasteiger partial charge in [0.25, 0.3) is 11.8 Å². The molecule has 0 spiro atoms. The Balaban J connectivity index is 1.71. The molecule has 1 aromatic heterocycles. The van der Waals surface area contributed by atoms with Crippen LogP contribution in [0.15, 0.2) is 48.7 Å². The molecule has 0 fully saturated rings. The molecule has 6 nitrogen and oxygen atoms in total. The Morgan fingerprint density at radius 1 is 1.09 bits per heavy atom. The van der Waals surface area contributed by atoms with Gasteiger partial charge in [-0.25, -0.2) is 0 Å². The van der Waals surface area contributed by atoms with Crippen molar-refractivity contribution in [3.63, 3.8) is 0 Å². The minimum atomic E-state index is -0.883. The molecule has 1 atom stereocenters. The number of benzene rings is 1. The van der Waals surface area contributed by atoms with Crippen LogP contribution in [0.5, 0.6) is 0 Å². The summed E-state index contributed by atoms with van der Waals surface area (Å²) in [5.41, 5.74) is 1.37. The van der Waals surface area contributed by atoms with E-state index in [4.69, 9.17) is 0 Å². The van der Waals surface area contributed by atoms with Crippen molar-refractivity contribution in [2.24, 2.45) is 0 Å². The largest absolute Gasteiger partial charge is 0.349 e. The summed E-state index contributed by atoms with van der Waals surface area (Å²) in [6.45, 7) is 1.78. The Hall–Kier alpha value is -3.02. The number of pyridine rings is 1. The molecular formula is C17H15N3O3. The van der Waals surface area contributed by atoms with Gasteiger partial charge in [-0.3, -0.25) is 24.3 Å². The van der Waals surface area contributed by atoms with E-state index >= 15 is 0 Å². The molecule has 3 amide bonds. The third-order valence-corrected chi connectivity index (χ3v) is 3.76. The van der Waals surface area contributed by atoms with Crippen molar-refractivity contribution in [2.75, 3.05) is 0 Å². The van der Waals surface area contributed by atoms with Crippen LogP contribution in [0.4, 0.5) is 0 Å². The van der Waals surface area contributed by atoms with Crippen LogP contribution in [0.2, 0.25) is 0 Å². The quantitative estimate of drug-likeness (QED) is 0.865. The van der Waals surface area contributed by atoms with Crippen molar-refractivity contribution in [3.05, 3.63) is 65.5 Å². The van der Waals surface area contributed by atoms with E-state index in [9.17, 15) is 14.4 Å². The first-order valence-electron chi connectivity index (χ1n) is 7.24.